The molecule has 0 spiro atoms. The average molecular weight is 242 g/mol. The van der Waals surface area contributed by atoms with Crippen LogP contribution in [-0.2, 0) is 6.42 Å². The lowest BCUT2D eigenvalue weighted by atomic mass is 10.1. The summed E-state index contributed by atoms with van der Waals surface area (Å²) in [7, 11) is 0. The molecule has 0 atom stereocenters. The van der Waals surface area contributed by atoms with Gasteiger partial charge in [0.1, 0.15) is 5.82 Å². The number of benzene rings is 1. The van der Waals surface area contributed by atoms with Gasteiger partial charge in [-0.25, -0.2) is 4.98 Å². The fraction of sp³-hybridized carbons (Fsp3) is 0.357. The van der Waals surface area contributed by atoms with E-state index in [0.29, 0.717) is 5.82 Å². The maximum absolute atomic E-state index is 5.73. The first-order valence-electron chi connectivity index (χ1n) is 6.21. The summed E-state index contributed by atoms with van der Waals surface area (Å²) in [6, 6.07) is 8.23. The molecule has 4 nitrogen and oxygen atoms in total. The van der Waals surface area contributed by atoms with Gasteiger partial charge in [-0.1, -0.05) is 45.0 Å². The van der Waals surface area contributed by atoms with E-state index in [4.69, 9.17) is 5.73 Å². The smallest absolute Gasteiger partial charge is 0.223 e. The molecule has 0 unspecified atom stereocenters. The van der Waals surface area contributed by atoms with Gasteiger partial charge >= 0.3 is 0 Å². The van der Waals surface area contributed by atoms with Crippen LogP contribution in [0.25, 0.3) is 11.4 Å². The maximum atomic E-state index is 5.73. The van der Waals surface area contributed by atoms with E-state index in [1.807, 2.05) is 26.0 Å². The van der Waals surface area contributed by atoms with E-state index < -0.39 is 0 Å². The van der Waals surface area contributed by atoms with Crippen LogP contribution in [0.1, 0.15) is 38.1 Å². The first-order chi connectivity index (χ1) is 8.60. The third kappa shape index (κ3) is 2.64. The number of anilines is 1. The van der Waals surface area contributed by atoms with Gasteiger partial charge < -0.3 is 5.73 Å². The van der Waals surface area contributed by atoms with Gasteiger partial charge in [-0.15, -0.1) is 0 Å². The fourth-order valence-corrected chi connectivity index (χ4v) is 1.69. The molecule has 0 saturated heterocycles. The van der Waals surface area contributed by atoms with Crippen LogP contribution in [0.5, 0.6) is 0 Å². The summed E-state index contributed by atoms with van der Waals surface area (Å²) >= 11 is 0. The third-order valence-corrected chi connectivity index (χ3v) is 2.81. The van der Waals surface area contributed by atoms with E-state index in [-0.39, 0.29) is 11.9 Å². The van der Waals surface area contributed by atoms with E-state index in [0.717, 1.165) is 17.8 Å². The second kappa shape index (κ2) is 5.12. The number of nitrogen functional groups attached to an aromatic ring is 1. The largest absolute Gasteiger partial charge is 0.368 e. The molecule has 0 aliphatic rings. The van der Waals surface area contributed by atoms with Gasteiger partial charge in [-0.3, -0.25) is 0 Å². The van der Waals surface area contributed by atoms with Gasteiger partial charge in [0, 0.05) is 11.5 Å². The highest BCUT2D eigenvalue weighted by atomic mass is 15.1. The number of nitrogens with zero attached hydrogens (tertiary/aromatic N) is 3. The maximum Gasteiger partial charge on any atom is 0.223 e. The minimum absolute atomic E-state index is 0.240. The van der Waals surface area contributed by atoms with Crippen molar-refractivity contribution in [2.75, 3.05) is 5.73 Å². The van der Waals surface area contributed by atoms with Crippen LogP contribution in [0, 0.1) is 0 Å². The van der Waals surface area contributed by atoms with Crippen molar-refractivity contribution in [2.45, 2.75) is 33.1 Å². The van der Waals surface area contributed by atoms with Crippen molar-refractivity contribution in [1.29, 1.82) is 0 Å². The monoisotopic (exact) mass is 242 g/mol. The second-order valence-corrected chi connectivity index (χ2v) is 4.58. The van der Waals surface area contributed by atoms with Crippen molar-refractivity contribution >= 4 is 5.95 Å². The quantitative estimate of drug-likeness (QED) is 0.898. The molecule has 1 heterocycles. The van der Waals surface area contributed by atoms with Crippen molar-refractivity contribution in [3.8, 4) is 11.4 Å². The highest BCUT2D eigenvalue weighted by molar-refractivity contribution is 5.56. The van der Waals surface area contributed by atoms with Crippen molar-refractivity contribution in [3.63, 3.8) is 0 Å². The summed E-state index contributed by atoms with van der Waals surface area (Å²) in [5.74, 6) is 1.90. The Morgan fingerprint density at radius 2 is 1.72 bits per heavy atom. The Hall–Kier alpha value is -1.97. The van der Waals surface area contributed by atoms with Crippen LogP contribution in [0.4, 0.5) is 5.95 Å². The molecule has 4 heteroatoms. The summed E-state index contributed by atoms with van der Waals surface area (Å²) in [6.45, 7) is 6.21. The highest BCUT2D eigenvalue weighted by Crippen LogP contribution is 2.19. The van der Waals surface area contributed by atoms with Crippen molar-refractivity contribution < 1.29 is 0 Å². The fourth-order valence-electron chi connectivity index (χ4n) is 1.69. The topological polar surface area (TPSA) is 64.7 Å². The van der Waals surface area contributed by atoms with Gasteiger partial charge in [0.25, 0.3) is 0 Å². The molecule has 0 bridgehead atoms. The van der Waals surface area contributed by atoms with Gasteiger partial charge in [-0.05, 0) is 12.0 Å². The zero-order chi connectivity index (χ0) is 13.1. The van der Waals surface area contributed by atoms with Crippen molar-refractivity contribution in [1.82, 2.24) is 15.0 Å². The standard InChI is InChI=1S/C14H18N4/c1-4-10-5-7-11(8-6-10)13-16-12(9(2)3)17-14(15)18-13/h5-9H,4H2,1-3H3,(H2,15,16,17,18). The Morgan fingerprint density at radius 1 is 1.06 bits per heavy atom. The van der Waals surface area contributed by atoms with Gasteiger partial charge in [-0.2, -0.15) is 9.97 Å². The van der Waals surface area contributed by atoms with E-state index in [9.17, 15) is 0 Å². The van der Waals surface area contributed by atoms with E-state index >= 15 is 0 Å². The number of nitrogens with two attached hydrogens (primary N) is 1. The molecule has 18 heavy (non-hydrogen) atoms. The molecule has 0 amide bonds. The SMILES string of the molecule is CCc1ccc(-c2nc(N)nc(C(C)C)n2)cc1. The minimum Gasteiger partial charge on any atom is -0.368 e. The van der Waals surface area contributed by atoms with Crippen LogP contribution in [0.3, 0.4) is 0 Å². The number of rotatable bonds is 3. The Labute approximate surface area is 107 Å². The molecule has 0 fully saturated rings. The highest BCUT2D eigenvalue weighted by Gasteiger charge is 2.09. The van der Waals surface area contributed by atoms with Gasteiger partial charge in [0.05, 0.1) is 0 Å². The van der Waals surface area contributed by atoms with Crippen LogP contribution in [0.15, 0.2) is 24.3 Å². The summed E-state index contributed by atoms with van der Waals surface area (Å²) in [6.07, 6.45) is 1.02. The average Bonchev–Trinajstić information content (AvgIpc) is 2.38. The van der Waals surface area contributed by atoms with Gasteiger partial charge in [0.2, 0.25) is 5.95 Å². The summed E-state index contributed by atoms with van der Waals surface area (Å²) in [5.41, 5.74) is 8.00. The number of aromatic nitrogens is 3. The molecule has 1 aromatic heterocycles. The van der Waals surface area contributed by atoms with Gasteiger partial charge in [0.15, 0.2) is 5.82 Å². The van der Waals surface area contributed by atoms with E-state index in [1.54, 1.807) is 0 Å². The molecule has 0 radical (unpaired) electrons. The molecule has 0 aliphatic heterocycles. The van der Waals surface area contributed by atoms with Crippen LogP contribution in [-0.4, -0.2) is 15.0 Å². The second-order valence-electron chi connectivity index (χ2n) is 4.58. The van der Waals surface area contributed by atoms with E-state index in [2.05, 4.69) is 34.0 Å². The number of hydrogen-bond acceptors (Lipinski definition) is 4. The summed E-state index contributed by atoms with van der Waals surface area (Å²) < 4.78 is 0. The predicted molar refractivity (Wildman–Crippen MR) is 73.1 cm³/mol. The summed E-state index contributed by atoms with van der Waals surface area (Å²) in [5, 5.41) is 0. The Morgan fingerprint density at radius 3 is 2.28 bits per heavy atom. The Bertz CT molecular complexity index is 532. The van der Waals surface area contributed by atoms with Crippen LogP contribution in [0.2, 0.25) is 0 Å². The molecule has 0 saturated carbocycles. The molecule has 0 aliphatic carbocycles. The number of aryl methyl sites for hydroxylation is 1. The molecule has 2 aromatic rings. The zero-order valence-electron chi connectivity index (χ0n) is 11.0. The first-order valence-corrected chi connectivity index (χ1v) is 6.21. The van der Waals surface area contributed by atoms with Crippen molar-refractivity contribution in [3.05, 3.63) is 35.7 Å². The number of hydrogen-bond donors (Lipinski definition) is 1. The summed E-state index contributed by atoms with van der Waals surface area (Å²) in [4.78, 5) is 12.8. The lowest BCUT2D eigenvalue weighted by Crippen LogP contribution is -2.06. The van der Waals surface area contributed by atoms with Crippen molar-refractivity contribution in [2.24, 2.45) is 0 Å². The molecule has 94 valence electrons. The molecule has 2 rings (SSSR count). The molecular formula is C14H18N4. The van der Waals surface area contributed by atoms with E-state index in [1.165, 1.54) is 5.56 Å². The minimum atomic E-state index is 0.240. The lowest BCUT2D eigenvalue weighted by molar-refractivity contribution is 0.767. The molecular weight excluding hydrogens is 224 g/mol. The van der Waals surface area contributed by atoms with Crippen LogP contribution >= 0.6 is 0 Å². The van der Waals surface area contributed by atoms with Crippen LogP contribution < -0.4 is 5.73 Å². The lowest BCUT2D eigenvalue weighted by Gasteiger charge is -2.07. The first kappa shape index (κ1) is 12.5. The normalized spacial score (nSPS) is 10.9. The predicted octanol–water partition coefficient (Wildman–Crippen LogP) is 2.81. The Kier molecular flexibility index (Phi) is 3.55. The molecule has 1 aromatic carbocycles. The third-order valence-electron chi connectivity index (χ3n) is 2.81. The Balaban J connectivity index is 2.42. The molecule has 2 N–H and O–H groups in total. The zero-order valence-corrected chi connectivity index (χ0v) is 11.0.